The third-order valence-electron chi connectivity index (χ3n) is 4.60. The predicted molar refractivity (Wildman–Crippen MR) is 98.3 cm³/mol. The molecule has 1 fully saturated rings. The standard InChI is InChI=1S/C20H24N4/c1-15-12-19(18(13-21)16(2)23-15)22-14-17-8-4-5-9-20(17)24-10-6-3-7-11-24/h4-5,8-9,12H,3,6-7,10-11,14H2,1-2H3,(H,22,23). The Balaban J connectivity index is 1.82. The Bertz CT molecular complexity index is 755. The second kappa shape index (κ2) is 7.35. The van der Waals surface area contributed by atoms with Crippen LogP contribution in [-0.4, -0.2) is 18.1 Å². The van der Waals surface area contributed by atoms with Crippen LogP contribution in [0.25, 0.3) is 0 Å². The van der Waals surface area contributed by atoms with Crippen molar-refractivity contribution in [3.63, 3.8) is 0 Å². The average Bonchev–Trinajstić information content (AvgIpc) is 2.60. The molecule has 2 aromatic rings. The predicted octanol–water partition coefficient (Wildman–Crippen LogP) is 4.17. The molecule has 0 amide bonds. The van der Waals surface area contributed by atoms with Gasteiger partial charge >= 0.3 is 0 Å². The Morgan fingerprint density at radius 1 is 1.17 bits per heavy atom. The van der Waals surface area contributed by atoms with Gasteiger partial charge in [0.1, 0.15) is 6.07 Å². The molecule has 0 aliphatic carbocycles. The van der Waals surface area contributed by atoms with Crippen LogP contribution < -0.4 is 10.2 Å². The Kier molecular flexibility index (Phi) is 5.00. The molecule has 1 aromatic heterocycles. The summed E-state index contributed by atoms with van der Waals surface area (Å²) in [6.45, 7) is 6.82. The summed E-state index contributed by atoms with van der Waals surface area (Å²) in [4.78, 5) is 6.86. The zero-order valence-electron chi connectivity index (χ0n) is 14.5. The van der Waals surface area contributed by atoms with Gasteiger partial charge in [0.15, 0.2) is 0 Å². The van der Waals surface area contributed by atoms with Crippen LogP contribution in [0.3, 0.4) is 0 Å². The van der Waals surface area contributed by atoms with Crippen LogP contribution in [0.2, 0.25) is 0 Å². The first-order valence-electron chi connectivity index (χ1n) is 8.64. The fourth-order valence-corrected chi connectivity index (χ4v) is 3.40. The van der Waals surface area contributed by atoms with Crippen molar-refractivity contribution >= 4 is 11.4 Å². The topological polar surface area (TPSA) is 52.0 Å². The monoisotopic (exact) mass is 320 g/mol. The largest absolute Gasteiger partial charge is 0.380 e. The van der Waals surface area contributed by atoms with Gasteiger partial charge in [-0.2, -0.15) is 5.26 Å². The lowest BCUT2D eigenvalue weighted by atomic mass is 10.1. The molecule has 1 aliphatic rings. The molecular formula is C20H24N4. The SMILES string of the molecule is Cc1cc(NCc2ccccc2N2CCCCC2)c(C#N)c(C)n1. The van der Waals surface area contributed by atoms with Crippen LogP contribution in [0, 0.1) is 25.2 Å². The molecule has 4 heteroatoms. The van der Waals surface area contributed by atoms with Gasteiger partial charge in [0, 0.05) is 31.0 Å². The van der Waals surface area contributed by atoms with E-state index in [0.717, 1.165) is 30.2 Å². The molecule has 3 rings (SSSR count). The summed E-state index contributed by atoms with van der Waals surface area (Å²) in [5, 5.41) is 12.9. The molecule has 24 heavy (non-hydrogen) atoms. The molecule has 0 radical (unpaired) electrons. The van der Waals surface area contributed by atoms with Crippen molar-refractivity contribution in [1.29, 1.82) is 5.26 Å². The number of piperidine rings is 1. The first-order valence-corrected chi connectivity index (χ1v) is 8.64. The number of pyridine rings is 1. The molecule has 1 aromatic carbocycles. The number of nitrogens with zero attached hydrogens (tertiary/aromatic N) is 3. The van der Waals surface area contributed by atoms with Crippen LogP contribution in [0.4, 0.5) is 11.4 Å². The zero-order chi connectivity index (χ0) is 16.9. The highest BCUT2D eigenvalue weighted by Gasteiger charge is 2.14. The van der Waals surface area contributed by atoms with E-state index >= 15 is 0 Å². The first-order chi connectivity index (χ1) is 11.7. The van der Waals surface area contributed by atoms with Gasteiger partial charge in [0.25, 0.3) is 0 Å². The second-order valence-corrected chi connectivity index (χ2v) is 6.41. The maximum atomic E-state index is 9.41. The molecule has 0 saturated carbocycles. The number of anilines is 2. The van der Waals surface area contributed by atoms with E-state index in [9.17, 15) is 5.26 Å². The van der Waals surface area contributed by atoms with Gasteiger partial charge in [-0.05, 0) is 50.8 Å². The highest BCUT2D eigenvalue weighted by Crippen LogP contribution is 2.26. The van der Waals surface area contributed by atoms with E-state index in [1.54, 1.807) is 0 Å². The Hall–Kier alpha value is -2.54. The third-order valence-corrected chi connectivity index (χ3v) is 4.60. The van der Waals surface area contributed by atoms with Crippen LogP contribution in [0.1, 0.15) is 41.8 Å². The lowest BCUT2D eigenvalue weighted by Crippen LogP contribution is -2.30. The molecule has 0 atom stereocenters. The number of hydrogen-bond acceptors (Lipinski definition) is 4. The quantitative estimate of drug-likeness (QED) is 0.918. The van der Waals surface area contributed by atoms with Crippen LogP contribution in [0.5, 0.6) is 0 Å². The maximum Gasteiger partial charge on any atom is 0.103 e. The number of nitriles is 1. The molecule has 1 N–H and O–H groups in total. The normalized spacial score (nSPS) is 14.3. The molecular weight excluding hydrogens is 296 g/mol. The van der Waals surface area contributed by atoms with E-state index in [1.165, 1.54) is 30.5 Å². The smallest absolute Gasteiger partial charge is 0.103 e. The van der Waals surface area contributed by atoms with Crippen molar-refractivity contribution in [2.45, 2.75) is 39.7 Å². The molecule has 0 bridgehead atoms. The van der Waals surface area contributed by atoms with E-state index in [2.05, 4.69) is 45.5 Å². The van der Waals surface area contributed by atoms with Crippen molar-refractivity contribution in [3.05, 3.63) is 52.8 Å². The van der Waals surface area contributed by atoms with Gasteiger partial charge in [-0.3, -0.25) is 4.98 Å². The molecule has 0 unspecified atom stereocenters. The number of para-hydroxylation sites is 1. The number of aromatic nitrogens is 1. The highest BCUT2D eigenvalue weighted by molar-refractivity contribution is 5.61. The van der Waals surface area contributed by atoms with Crippen LogP contribution in [0.15, 0.2) is 30.3 Å². The van der Waals surface area contributed by atoms with Crippen LogP contribution >= 0.6 is 0 Å². The van der Waals surface area contributed by atoms with Crippen molar-refractivity contribution in [2.24, 2.45) is 0 Å². The minimum Gasteiger partial charge on any atom is -0.380 e. The van der Waals surface area contributed by atoms with Gasteiger partial charge in [-0.1, -0.05) is 18.2 Å². The minimum atomic E-state index is 0.635. The first kappa shape index (κ1) is 16.3. The summed E-state index contributed by atoms with van der Waals surface area (Å²) in [6.07, 6.45) is 3.87. The molecule has 2 heterocycles. The number of aryl methyl sites for hydroxylation is 2. The van der Waals surface area contributed by atoms with Crippen molar-refractivity contribution in [2.75, 3.05) is 23.3 Å². The van der Waals surface area contributed by atoms with E-state index < -0.39 is 0 Å². The molecule has 1 aliphatic heterocycles. The fourth-order valence-electron chi connectivity index (χ4n) is 3.40. The molecule has 4 nitrogen and oxygen atoms in total. The summed E-state index contributed by atoms with van der Waals surface area (Å²) in [6, 6.07) is 12.8. The number of rotatable bonds is 4. The number of hydrogen-bond donors (Lipinski definition) is 1. The van der Waals surface area contributed by atoms with Gasteiger partial charge in [-0.15, -0.1) is 0 Å². The minimum absolute atomic E-state index is 0.635. The van der Waals surface area contributed by atoms with Gasteiger partial charge in [0.2, 0.25) is 0 Å². The Labute approximate surface area is 144 Å². The van der Waals surface area contributed by atoms with Gasteiger partial charge in [-0.25, -0.2) is 0 Å². The van der Waals surface area contributed by atoms with E-state index in [4.69, 9.17) is 0 Å². The summed E-state index contributed by atoms with van der Waals surface area (Å²) < 4.78 is 0. The number of benzene rings is 1. The fraction of sp³-hybridized carbons (Fsp3) is 0.400. The van der Waals surface area contributed by atoms with Crippen molar-refractivity contribution < 1.29 is 0 Å². The maximum absolute atomic E-state index is 9.41. The van der Waals surface area contributed by atoms with E-state index in [1.807, 2.05) is 19.9 Å². The lowest BCUT2D eigenvalue weighted by Gasteiger charge is -2.30. The molecule has 0 spiro atoms. The molecule has 124 valence electrons. The molecule has 1 saturated heterocycles. The van der Waals surface area contributed by atoms with E-state index in [-0.39, 0.29) is 0 Å². The average molecular weight is 320 g/mol. The lowest BCUT2D eigenvalue weighted by molar-refractivity contribution is 0.576. The zero-order valence-corrected chi connectivity index (χ0v) is 14.5. The van der Waals surface area contributed by atoms with Crippen LogP contribution in [-0.2, 0) is 6.54 Å². The van der Waals surface area contributed by atoms with Gasteiger partial charge < -0.3 is 10.2 Å². The second-order valence-electron chi connectivity index (χ2n) is 6.41. The summed E-state index contributed by atoms with van der Waals surface area (Å²) in [7, 11) is 0. The third kappa shape index (κ3) is 3.51. The van der Waals surface area contributed by atoms with E-state index in [0.29, 0.717) is 12.1 Å². The van der Waals surface area contributed by atoms with Gasteiger partial charge in [0.05, 0.1) is 16.9 Å². The summed E-state index contributed by atoms with van der Waals surface area (Å²) in [5.41, 5.74) is 5.80. The van der Waals surface area contributed by atoms with Crippen molar-refractivity contribution in [3.8, 4) is 6.07 Å². The van der Waals surface area contributed by atoms with Crippen molar-refractivity contribution in [1.82, 2.24) is 4.98 Å². The number of nitrogens with one attached hydrogen (secondary N) is 1. The summed E-state index contributed by atoms with van der Waals surface area (Å²) >= 11 is 0. The Morgan fingerprint density at radius 3 is 2.67 bits per heavy atom. The highest BCUT2D eigenvalue weighted by atomic mass is 15.1. The Morgan fingerprint density at radius 2 is 1.92 bits per heavy atom. The summed E-state index contributed by atoms with van der Waals surface area (Å²) in [5.74, 6) is 0.